The van der Waals surface area contributed by atoms with Gasteiger partial charge in [-0.1, -0.05) is 45.4 Å². The molecule has 1 rings (SSSR count). The lowest BCUT2D eigenvalue weighted by molar-refractivity contribution is -0.304. The fourth-order valence-corrected chi connectivity index (χ4v) is 2.88. The van der Waals surface area contributed by atoms with Crippen molar-refractivity contribution in [1.82, 2.24) is 0 Å². The predicted octanol–water partition coefficient (Wildman–Crippen LogP) is 1.42. The van der Waals surface area contributed by atoms with Crippen molar-refractivity contribution < 1.29 is 34.7 Å². The van der Waals surface area contributed by atoms with Gasteiger partial charge in [0.15, 0.2) is 6.29 Å². The summed E-state index contributed by atoms with van der Waals surface area (Å²) < 4.78 is 11.0. The van der Waals surface area contributed by atoms with Crippen LogP contribution in [0.1, 0.15) is 65.2 Å². The molecule has 1 fully saturated rings. The summed E-state index contributed by atoms with van der Waals surface area (Å²) in [6, 6.07) is 0. The largest absolute Gasteiger partial charge is 0.481 e. The van der Waals surface area contributed by atoms with Crippen molar-refractivity contribution in [1.29, 1.82) is 0 Å². The molecule has 7 nitrogen and oxygen atoms in total. The molecular weight excluding hydrogens is 316 g/mol. The summed E-state index contributed by atoms with van der Waals surface area (Å²) in [5.74, 6) is -0.982. The number of aliphatic hydroxyl groups is 3. The van der Waals surface area contributed by atoms with E-state index in [1.807, 2.05) is 0 Å². The molecule has 0 spiro atoms. The van der Waals surface area contributed by atoms with Crippen molar-refractivity contribution in [3.05, 3.63) is 0 Å². The van der Waals surface area contributed by atoms with Gasteiger partial charge in [-0.2, -0.15) is 0 Å². The number of unbranched alkanes of at least 4 members (excludes halogenated alkanes) is 5. The zero-order valence-electron chi connectivity index (χ0n) is 14.6. The van der Waals surface area contributed by atoms with Crippen LogP contribution in [0.4, 0.5) is 0 Å². The third kappa shape index (κ3) is 7.03. The second-order valence-corrected chi connectivity index (χ2v) is 6.59. The number of carboxylic acid groups (broad SMARTS) is 1. The Morgan fingerprint density at radius 3 is 2.29 bits per heavy atom. The van der Waals surface area contributed by atoms with Gasteiger partial charge in [0, 0.05) is 0 Å². The highest BCUT2D eigenvalue weighted by atomic mass is 16.7. The van der Waals surface area contributed by atoms with Gasteiger partial charge in [-0.25, -0.2) is 0 Å². The van der Waals surface area contributed by atoms with E-state index in [-0.39, 0.29) is 6.42 Å². The number of rotatable bonds is 11. The highest BCUT2D eigenvalue weighted by Gasteiger charge is 2.43. The molecule has 0 aromatic carbocycles. The second kappa shape index (κ2) is 11.0. The normalized spacial score (nSPS) is 31.8. The summed E-state index contributed by atoms with van der Waals surface area (Å²) in [7, 11) is 0. The molecule has 0 saturated carbocycles. The monoisotopic (exact) mass is 348 g/mol. The lowest BCUT2D eigenvalue weighted by atomic mass is 9.99. The summed E-state index contributed by atoms with van der Waals surface area (Å²) in [6.45, 7) is 3.72. The number of hydrogen-bond acceptors (Lipinski definition) is 6. The molecule has 1 aliphatic heterocycles. The third-order valence-corrected chi connectivity index (χ3v) is 4.42. The first-order valence-electron chi connectivity index (χ1n) is 8.93. The Labute approximate surface area is 143 Å². The number of aliphatic carboxylic acids is 1. The molecule has 6 atom stereocenters. The second-order valence-electron chi connectivity index (χ2n) is 6.59. The van der Waals surface area contributed by atoms with E-state index in [4.69, 9.17) is 14.6 Å². The van der Waals surface area contributed by atoms with Gasteiger partial charge in [0.2, 0.25) is 0 Å². The zero-order chi connectivity index (χ0) is 18.1. The Bertz CT molecular complexity index is 363. The molecule has 0 amide bonds. The van der Waals surface area contributed by atoms with Crippen molar-refractivity contribution >= 4 is 5.97 Å². The van der Waals surface area contributed by atoms with Crippen LogP contribution in [0.25, 0.3) is 0 Å². The van der Waals surface area contributed by atoms with Crippen molar-refractivity contribution in [3.63, 3.8) is 0 Å². The van der Waals surface area contributed by atoms with Crippen LogP contribution in [0.3, 0.4) is 0 Å². The summed E-state index contributed by atoms with van der Waals surface area (Å²) in [5.41, 5.74) is 0. The number of carbonyl (C=O) groups is 1. The van der Waals surface area contributed by atoms with Crippen molar-refractivity contribution in [3.8, 4) is 0 Å². The van der Waals surface area contributed by atoms with Gasteiger partial charge < -0.3 is 29.9 Å². The maximum atomic E-state index is 11.0. The fraction of sp³-hybridized carbons (Fsp3) is 0.941. The molecule has 1 saturated heterocycles. The van der Waals surface area contributed by atoms with Crippen molar-refractivity contribution in [2.24, 2.45) is 0 Å². The van der Waals surface area contributed by atoms with Crippen LogP contribution in [0, 0.1) is 0 Å². The summed E-state index contributed by atoms with van der Waals surface area (Å²) in [5, 5.41) is 38.5. The Morgan fingerprint density at radius 1 is 1.04 bits per heavy atom. The van der Waals surface area contributed by atoms with E-state index in [1.54, 1.807) is 6.92 Å². The van der Waals surface area contributed by atoms with Gasteiger partial charge in [-0.3, -0.25) is 4.79 Å². The first-order valence-corrected chi connectivity index (χ1v) is 8.93. The molecule has 4 N–H and O–H groups in total. The lowest BCUT2D eigenvalue weighted by Gasteiger charge is -2.40. The van der Waals surface area contributed by atoms with Crippen LogP contribution in [-0.2, 0) is 14.3 Å². The van der Waals surface area contributed by atoms with Gasteiger partial charge in [0.25, 0.3) is 0 Å². The quantitative estimate of drug-likeness (QED) is 0.417. The minimum Gasteiger partial charge on any atom is -0.481 e. The number of hydrogen-bond donors (Lipinski definition) is 4. The Kier molecular flexibility index (Phi) is 9.76. The van der Waals surface area contributed by atoms with Crippen LogP contribution in [0.5, 0.6) is 0 Å². The summed E-state index contributed by atoms with van der Waals surface area (Å²) >= 11 is 0. The van der Waals surface area contributed by atoms with E-state index in [0.717, 1.165) is 19.3 Å². The van der Waals surface area contributed by atoms with Crippen LogP contribution in [0.2, 0.25) is 0 Å². The smallest absolute Gasteiger partial charge is 0.305 e. The number of carboxylic acids is 1. The lowest BCUT2D eigenvalue weighted by Crippen LogP contribution is -2.58. The van der Waals surface area contributed by atoms with Crippen LogP contribution >= 0.6 is 0 Å². The van der Waals surface area contributed by atoms with E-state index >= 15 is 0 Å². The zero-order valence-corrected chi connectivity index (χ0v) is 14.6. The number of ether oxygens (including phenoxy) is 2. The van der Waals surface area contributed by atoms with E-state index in [2.05, 4.69) is 6.92 Å². The number of aliphatic hydroxyl groups excluding tert-OH is 3. The molecule has 0 bridgehead atoms. The molecule has 1 aliphatic rings. The molecule has 0 aromatic heterocycles. The Hall–Kier alpha value is -0.730. The average molecular weight is 348 g/mol. The molecule has 0 aromatic rings. The third-order valence-electron chi connectivity index (χ3n) is 4.42. The van der Waals surface area contributed by atoms with Crippen molar-refractivity contribution in [2.75, 3.05) is 0 Å². The van der Waals surface area contributed by atoms with E-state index in [1.165, 1.54) is 19.3 Å². The van der Waals surface area contributed by atoms with Gasteiger partial charge in [0.1, 0.15) is 18.3 Å². The molecule has 3 unspecified atom stereocenters. The fourth-order valence-electron chi connectivity index (χ4n) is 2.88. The first kappa shape index (κ1) is 21.3. The average Bonchev–Trinajstić information content (AvgIpc) is 2.53. The van der Waals surface area contributed by atoms with Gasteiger partial charge in [-0.15, -0.1) is 0 Å². The molecule has 142 valence electrons. The topological polar surface area (TPSA) is 116 Å². The van der Waals surface area contributed by atoms with Crippen molar-refractivity contribution in [2.45, 2.75) is 102 Å². The molecular formula is C17H32O7. The van der Waals surface area contributed by atoms with E-state index in [9.17, 15) is 20.1 Å². The van der Waals surface area contributed by atoms with Crippen LogP contribution < -0.4 is 0 Å². The van der Waals surface area contributed by atoms with Crippen LogP contribution in [-0.4, -0.2) is 63.2 Å². The predicted molar refractivity (Wildman–Crippen MR) is 87.5 cm³/mol. The molecule has 24 heavy (non-hydrogen) atoms. The highest BCUT2D eigenvalue weighted by Crippen LogP contribution is 2.24. The van der Waals surface area contributed by atoms with Gasteiger partial charge in [0.05, 0.1) is 18.6 Å². The first-order chi connectivity index (χ1) is 11.4. The minimum absolute atomic E-state index is 0.186. The van der Waals surface area contributed by atoms with E-state index in [0.29, 0.717) is 6.42 Å². The SMILES string of the molecule is CCCCCCCCC(CC(=O)O)O[C@@H]1OC(C)[C@H](O)C(O)[C@@H]1O. The molecule has 7 heteroatoms. The minimum atomic E-state index is -1.41. The maximum absolute atomic E-state index is 11.0. The molecule has 0 aliphatic carbocycles. The van der Waals surface area contributed by atoms with Gasteiger partial charge in [-0.05, 0) is 13.3 Å². The Morgan fingerprint density at radius 2 is 1.67 bits per heavy atom. The standard InChI is InChI=1S/C17H32O7/c1-3-4-5-6-7-8-9-12(10-13(18)19)24-17-16(22)15(21)14(20)11(2)23-17/h11-12,14-17,20-22H,3-10H2,1-2H3,(H,18,19)/t11?,12?,14-,15?,16-,17-/m0/s1. The summed E-state index contributed by atoms with van der Waals surface area (Å²) in [6.07, 6.45) is 0.461. The maximum Gasteiger partial charge on any atom is 0.305 e. The van der Waals surface area contributed by atoms with Crippen LogP contribution in [0.15, 0.2) is 0 Å². The Balaban J connectivity index is 2.48. The van der Waals surface area contributed by atoms with E-state index < -0.39 is 42.8 Å². The highest BCUT2D eigenvalue weighted by molar-refractivity contribution is 5.67. The molecule has 0 radical (unpaired) electrons. The molecule has 1 heterocycles. The summed E-state index contributed by atoms with van der Waals surface area (Å²) in [4.78, 5) is 11.0. The van der Waals surface area contributed by atoms with Gasteiger partial charge >= 0.3 is 5.97 Å².